The molecule has 2 heterocycles. The summed E-state index contributed by atoms with van der Waals surface area (Å²) in [7, 11) is 0. The Kier molecular flexibility index (Phi) is 3.09. The van der Waals surface area contributed by atoms with E-state index in [2.05, 4.69) is 12.7 Å². The van der Waals surface area contributed by atoms with E-state index in [1.807, 2.05) is 11.0 Å². The molecule has 0 spiro atoms. The highest BCUT2D eigenvalue weighted by atomic mass is 16.6. The smallest absolute Gasteiger partial charge is 0.414 e. The van der Waals surface area contributed by atoms with E-state index < -0.39 is 0 Å². The molecule has 0 unspecified atom stereocenters. The highest BCUT2D eigenvalue weighted by molar-refractivity contribution is 5.72. The zero-order chi connectivity index (χ0) is 10.7. The van der Waals surface area contributed by atoms with E-state index in [0.717, 1.165) is 37.8 Å². The molecule has 0 bridgehead atoms. The summed E-state index contributed by atoms with van der Waals surface area (Å²) in [6.07, 6.45) is 9.06. The van der Waals surface area contributed by atoms with E-state index in [1.54, 1.807) is 0 Å². The number of fused-ring (bicyclic) bond motifs is 1. The van der Waals surface area contributed by atoms with Crippen LogP contribution in [0.3, 0.4) is 0 Å². The number of ether oxygens (including phenoxy) is 1. The first kappa shape index (κ1) is 10.3. The molecule has 82 valence electrons. The zero-order valence-electron chi connectivity index (χ0n) is 8.95. The molecule has 0 aromatic rings. The second kappa shape index (κ2) is 4.51. The van der Waals surface area contributed by atoms with Crippen LogP contribution < -0.4 is 0 Å². The van der Waals surface area contributed by atoms with E-state index in [9.17, 15) is 4.79 Å². The molecule has 0 radical (unpaired) electrons. The topological polar surface area (TPSA) is 29.5 Å². The highest BCUT2D eigenvalue weighted by Crippen LogP contribution is 2.29. The van der Waals surface area contributed by atoms with Gasteiger partial charge >= 0.3 is 6.09 Å². The number of amides is 1. The van der Waals surface area contributed by atoms with Crippen molar-refractivity contribution in [1.82, 2.24) is 4.90 Å². The van der Waals surface area contributed by atoms with Crippen LogP contribution in [0.4, 0.5) is 4.79 Å². The summed E-state index contributed by atoms with van der Waals surface area (Å²) in [5, 5.41) is 0. The number of allylic oxidation sites excluding steroid dienone is 3. The van der Waals surface area contributed by atoms with Gasteiger partial charge in [0.1, 0.15) is 6.61 Å². The van der Waals surface area contributed by atoms with Crippen LogP contribution in [-0.2, 0) is 4.74 Å². The fraction of sp³-hybridized carbons (Fsp3) is 0.583. The minimum absolute atomic E-state index is 0.162. The molecule has 2 aliphatic heterocycles. The minimum Gasteiger partial charge on any atom is -0.447 e. The molecule has 2 rings (SSSR count). The molecular weight excluding hydrogens is 190 g/mol. The molecule has 3 nitrogen and oxygen atoms in total. The van der Waals surface area contributed by atoms with E-state index in [4.69, 9.17) is 4.74 Å². The van der Waals surface area contributed by atoms with Crippen LogP contribution in [0.2, 0.25) is 0 Å². The van der Waals surface area contributed by atoms with Gasteiger partial charge < -0.3 is 4.74 Å². The van der Waals surface area contributed by atoms with Crippen LogP contribution in [0.25, 0.3) is 0 Å². The van der Waals surface area contributed by atoms with E-state index in [0.29, 0.717) is 12.6 Å². The van der Waals surface area contributed by atoms with Gasteiger partial charge in [0.2, 0.25) is 0 Å². The first-order valence-electron chi connectivity index (χ1n) is 5.59. The predicted octanol–water partition coefficient (Wildman–Crippen LogP) is 2.84. The maximum absolute atomic E-state index is 11.5. The second-order valence-electron chi connectivity index (χ2n) is 4.05. The summed E-state index contributed by atoms with van der Waals surface area (Å²) in [5.41, 5.74) is 1.15. The van der Waals surface area contributed by atoms with Gasteiger partial charge in [0, 0.05) is 5.70 Å². The molecule has 0 aliphatic carbocycles. The van der Waals surface area contributed by atoms with Gasteiger partial charge in [-0.25, -0.2) is 4.79 Å². The Labute approximate surface area is 90.4 Å². The summed E-state index contributed by atoms with van der Waals surface area (Å²) in [4.78, 5) is 13.3. The third-order valence-electron chi connectivity index (χ3n) is 2.99. The van der Waals surface area contributed by atoms with Gasteiger partial charge in [0.25, 0.3) is 0 Å². The quantitative estimate of drug-likeness (QED) is 0.524. The fourth-order valence-corrected chi connectivity index (χ4v) is 2.22. The molecule has 0 aromatic heterocycles. The van der Waals surface area contributed by atoms with E-state index in [1.165, 1.54) is 0 Å². The number of cyclic esters (lactones) is 1. The molecule has 1 atom stereocenters. The van der Waals surface area contributed by atoms with Crippen molar-refractivity contribution in [1.29, 1.82) is 0 Å². The Morgan fingerprint density at radius 2 is 2.53 bits per heavy atom. The van der Waals surface area contributed by atoms with Crippen molar-refractivity contribution < 1.29 is 9.53 Å². The minimum atomic E-state index is -0.162. The predicted molar refractivity (Wildman–Crippen MR) is 58.3 cm³/mol. The number of carbonyl (C=O) groups is 1. The summed E-state index contributed by atoms with van der Waals surface area (Å²) < 4.78 is 5.06. The molecule has 0 aromatic carbocycles. The number of unbranched alkanes of at least 4 members (excludes halogenated alkanes) is 1. The van der Waals surface area contributed by atoms with Gasteiger partial charge in [-0.1, -0.05) is 12.2 Å². The number of nitrogens with zero attached hydrogens (tertiary/aromatic N) is 1. The van der Waals surface area contributed by atoms with Gasteiger partial charge in [0.15, 0.2) is 0 Å². The summed E-state index contributed by atoms with van der Waals surface area (Å²) in [6.45, 7) is 4.27. The van der Waals surface area contributed by atoms with Crippen LogP contribution in [0.5, 0.6) is 0 Å². The molecule has 2 aliphatic rings. The molecule has 0 saturated carbocycles. The van der Waals surface area contributed by atoms with Gasteiger partial charge in [0.05, 0.1) is 6.04 Å². The van der Waals surface area contributed by atoms with Crippen molar-refractivity contribution in [2.45, 2.75) is 38.1 Å². The van der Waals surface area contributed by atoms with Crippen molar-refractivity contribution in [3.05, 3.63) is 24.4 Å². The zero-order valence-corrected chi connectivity index (χ0v) is 8.95. The molecule has 15 heavy (non-hydrogen) atoms. The summed E-state index contributed by atoms with van der Waals surface area (Å²) in [5.74, 6) is 0. The van der Waals surface area contributed by atoms with Crippen molar-refractivity contribution in [3.8, 4) is 0 Å². The Hall–Kier alpha value is -1.25. The lowest BCUT2D eigenvalue weighted by molar-refractivity contribution is 0.163. The molecule has 0 N–H and O–H groups in total. The number of hydrogen-bond acceptors (Lipinski definition) is 2. The van der Waals surface area contributed by atoms with Gasteiger partial charge in [-0.3, -0.25) is 4.90 Å². The molecule has 1 fully saturated rings. The number of carbonyl (C=O) groups excluding carboxylic acids is 1. The van der Waals surface area contributed by atoms with Crippen molar-refractivity contribution in [2.24, 2.45) is 0 Å². The summed E-state index contributed by atoms with van der Waals surface area (Å²) in [6, 6.07) is 0.293. The van der Waals surface area contributed by atoms with Crippen LogP contribution in [0.1, 0.15) is 32.1 Å². The second-order valence-corrected chi connectivity index (χ2v) is 4.05. The van der Waals surface area contributed by atoms with E-state index >= 15 is 0 Å². The normalized spacial score (nSPS) is 24.5. The van der Waals surface area contributed by atoms with Gasteiger partial charge in [-0.15, -0.1) is 6.58 Å². The van der Waals surface area contributed by atoms with Crippen molar-refractivity contribution in [2.75, 3.05) is 6.61 Å². The third kappa shape index (κ3) is 2.06. The molecule has 3 heteroatoms. The van der Waals surface area contributed by atoms with Gasteiger partial charge in [-0.2, -0.15) is 0 Å². The number of rotatable bonds is 4. The Bertz CT molecular complexity index is 296. The lowest BCUT2D eigenvalue weighted by Crippen LogP contribution is -2.35. The van der Waals surface area contributed by atoms with Crippen molar-refractivity contribution >= 4 is 6.09 Å². The van der Waals surface area contributed by atoms with Crippen LogP contribution in [-0.4, -0.2) is 23.6 Å². The standard InChI is InChI=1S/C12H17NO2/c1-2-3-4-6-10-7-5-8-11-9-15-12(14)13(10)11/h2,7,11H,1,3-6,8-9H2/t11-/m1/s1. The maximum atomic E-state index is 11.5. The largest absolute Gasteiger partial charge is 0.447 e. The first-order valence-corrected chi connectivity index (χ1v) is 5.59. The molecular formula is C12H17NO2. The van der Waals surface area contributed by atoms with Gasteiger partial charge in [-0.05, 0) is 32.1 Å². The van der Waals surface area contributed by atoms with E-state index in [-0.39, 0.29) is 6.09 Å². The Morgan fingerprint density at radius 3 is 3.33 bits per heavy atom. The van der Waals surface area contributed by atoms with Crippen LogP contribution in [0.15, 0.2) is 24.4 Å². The SMILES string of the molecule is C=CCCCC1=CCC[C@@H]2COC(=O)N12. The molecule has 1 saturated heterocycles. The first-order chi connectivity index (χ1) is 7.33. The fourth-order valence-electron chi connectivity index (χ4n) is 2.22. The average molecular weight is 207 g/mol. The average Bonchev–Trinajstić information content (AvgIpc) is 2.62. The lowest BCUT2D eigenvalue weighted by atomic mass is 10.0. The van der Waals surface area contributed by atoms with Crippen LogP contribution in [0, 0.1) is 0 Å². The maximum Gasteiger partial charge on any atom is 0.414 e. The highest BCUT2D eigenvalue weighted by Gasteiger charge is 2.36. The lowest BCUT2D eigenvalue weighted by Gasteiger charge is -2.27. The van der Waals surface area contributed by atoms with Crippen molar-refractivity contribution in [3.63, 3.8) is 0 Å². The Morgan fingerprint density at radius 1 is 1.67 bits per heavy atom. The monoisotopic (exact) mass is 207 g/mol. The summed E-state index contributed by atoms with van der Waals surface area (Å²) >= 11 is 0. The molecule has 1 amide bonds. The Balaban J connectivity index is 1.99. The van der Waals surface area contributed by atoms with Crippen LogP contribution >= 0.6 is 0 Å². The third-order valence-corrected chi connectivity index (χ3v) is 2.99. The number of hydrogen-bond donors (Lipinski definition) is 0.